The molecule has 0 radical (unpaired) electrons. The maximum Gasteiger partial charge on any atom is 0.306 e. The molecule has 4 nitrogen and oxygen atoms in total. The summed E-state index contributed by atoms with van der Waals surface area (Å²) >= 11 is 0. The standard InChI is InChI=1S/C8H12O4/c9-7(10)4-5-2-1-3-6(5)8(11)12/h5-6H,1-4H2,(H,9,10)(H,11,12)/t5-,6-/m0/s1. The summed E-state index contributed by atoms with van der Waals surface area (Å²) in [5.74, 6) is -2.33. The van der Waals surface area contributed by atoms with Gasteiger partial charge in [0, 0.05) is 6.42 Å². The highest BCUT2D eigenvalue weighted by Crippen LogP contribution is 2.34. The van der Waals surface area contributed by atoms with Crippen molar-refractivity contribution in [1.82, 2.24) is 0 Å². The third-order valence-corrected chi connectivity index (χ3v) is 2.41. The summed E-state index contributed by atoms with van der Waals surface area (Å²) < 4.78 is 0. The third-order valence-electron chi connectivity index (χ3n) is 2.41. The van der Waals surface area contributed by atoms with Crippen LogP contribution < -0.4 is 0 Å². The van der Waals surface area contributed by atoms with Gasteiger partial charge in [0.25, 0.3) is 0 Å². The average Bonchev–Trinajstić information content (AvgIpc) is 2.33. The molecule has 0 spiro atoms. The maximum absolute atomic E-state index is 10.6. The normalized spacial score (nSPS) is 28.7. The molecule has 1 saturated carbocycles. The molecular weight excluding hydrogens is 160 g/mol. The fourth-order valence-electron chi connectivity index (χ4n) is 1.83. The Hall–Kier alpha value is -1.06. The van der Waals surface area contributed by atoms with E-state index in [2.05, 4.69) is 0 Å². The van der Waals surface area contributed by atoms with Gasteiger partial charge in [0.05, 0.1) is 5.92 Å². The van der Waals surface area contributed by atoms with E-state index in [1.807, 2.05) is 0 Å². The molecule has 0 saturated heterocycles. The lowest BCUT2D eigenvalue weighted by molar-refractivity contribution is -0.144. The molecule has 1 rings (SSSR count). The van der Waals surface area contributed by atoms with Gasteiger partial charge in [0.1, 0.15) is 0 Å². The largest absolute Gasteiger partial charge is 0.481 e. The number of carbonyl (C=O) groups is 2. The van der Waals surface area contributed by atoms with Gasteiger partial charge in [-0.05, 0) is 18.8 Å². The molecular formula is C8H12O4. The average molecular weight is 172 g/mol. The van der Waals surface area contributed by atoms with E-state index in [1.54, 1.807) is 0 Å². The quantitative estimate of drug-likeness (QED) is 0.665. The van der Waals surface area contributed by atoms with Crippen LogP contribution in [0, 0.1) is 11.8 Å². The molecule has 1 aliphatic carbocycles. The molecule has 0 unspecified atom stereocenters. The van der Waals surface area contributed by atoms with Crippen molar-refractivity contribution in [3.8, 4) is 0 Å². The lowest BCUT2D eigenvalue weighted by Gasteiger charge is -2.12. The van der Waals surface area contributed by atoms with Gasteiger partial charge in [-0.1, -0.05) is 6.42 Å². The SMILES string of the molecule is O=C(O)C[C@@H]1CCC[C@@H]1C(=O)O. The van der Waals surface area contributed by atoms with Crippen molar-refractivity contribution in [2.24, 2.45) is 11.8 Å². The minimum Gasteiger partial charge on any atom is -0.481 e. The molecule has 4 heteroatoms. The Morgan fingerprint density at radius 2 is 1.92 bits per heavy atom. The number of aliphatic carboxylic acids is 2. The first-order chi connectivity index (χ1) is 5.61. The molecule has 1 aliphatic rings. The smallest absolute Gasteiger partial charge is 0.306 e. The van der Waals surface area contributed by atoms with Gasteiger partial charge in [-0.15, -0.1) is 0 Å². The van der Waals surface area contributed by atoms with Crippen LogP contribution in [0.3, 0.4) is 0 Å². The number of hydrogen-bond donors (Lipinski definition) is 2. The first-order valence-electron chi connectivity index (χ1n) is 4.06. The van der Waals surface area contributed by atoms with E-state index in [1.165, 1.54) is 0 Å². The van der Waals surface area contributed by atoms with Crippen molar-refractivity contribution in [2.75, 3.05) is 0 Å². The van der Waals surface area contributed by atoms with E-state index >= 15 is 0 Å². The van der Waals surface area contributed by atoms with Crippen LogP contribution in [0.1, 0.15) is 25.7 Å². The summed E-state index contributed by atoms with van der Waals surface area (Å²) in [4.78, 5) is 20.9. The van der Waals surface area contributed by atoms with Crippen LogP contribution in [-0.4, -0.2) is 22.2 Å². The van der Waals surface area contributed by atoms with Gasteiger partial charge in [-0.2, -0.15) is 0 Å². The topological polar surface area (TPSA) is 74.6 Å². The highest BCUT2D eigenvalue weighted by molar-refractivity contribution is 5.73. The summed E-state index contributed by atoms with van der Waals surface area (Å²) in [5, 5.41) is 17.2. The minimum absolute atomic E-state index is 0.00301. The highest BCUT2D eigenvalue weighted by Gasteiger charge is 2.33. The fourth-order valence-corrected chi connectivity index (χ4v) is 1.83. The summed E-state index contributed by atoms with van der Waals surface area (Å²) in [6.07, 6.45) is 2.21. The first kappa shape index (κ1) is 9.03. The van der Waals surface area contributed by atoms with Crippen LogP contribution in [0.4, 0.5) is 0 Å². The van der Waals surface area contributed by atoms with E-state index in [0.717, 1.165) is 12.8 Å². The summed E-state index contributed by atoms with van der Waals surface area (Å²) in [6, 6.07) is 0. The van der Waals surface area contributed by atoms with Crippen molar-refractivity contribution in [3.05, 3.63) is 0 Å². The fraction of sp³-hybridized carbons (Fsp3) is 0.750. The zero-order valence-electron chi connectivity index (χ0n) is 6.69. The predicted molar refractivity (Wildman–Crippen MR) is 40.7 cm³/mol. The Morgan fingerprint density at radius 1 is 1.25 bits per heavy atom. The van der Waals surface area contributed by atoms with Gasteiger partial charge < -0.3 is 10.2 Å². The zero-order chi connectivity index (χ0) is 9.14. The number of carboxylic acids is 2. The molecule has 68 valence electrons. The molecule has 1 fully saturated rings. The maximum atomic E-state index is 10.6. The van der Waals surface area contributed by atoms with E-state index in [4.69, 9.17) is 10.2 Å². The van der Waals surface area contributed by atoms with Crippen molar-refractivity contribution in [2.45, 2.75) is 25.7 Å². The molecule has 0 heterocycles. The molecule has 0 aliphatic heterocycles. The second kappa shape index (κ2) is 3.56. The third kappa shape index (κ3) is 1.96. The minimum atomic E-state index is -0.895. The molecule has 2 N–H and O–H groups in total. The number of carboxylic acid groups (broad SMARTS) is 2. The van der Waals surface area contributed by atoms with Crippen molar-refractivity contribution in [3.63, 3.8) is 0 Å². The van der Waals surface area contributed by atoms with Gasteiger partial charge in [0.2, 0.25) is 0 Å². The molecule has 2 atom stereocenters. The molecule has 0 bridgehead atoms. The Kier molecular flexibility index (Phi) is 2.68. The molecule has 12 heavy (non-hydrogen) atoms. The van der Waals surface area contributed by atoms with Crippen molar-refractivity contribution in [1.29, 1.82) is 0 Å². The van der Waals surface area contributed by atoms with Crippen LogP contribution in [0.25, 0.3) is 0 Å². The van der Waals surface area contributed by atoms with Crippen LogP contribution in [-0.2, 0) is 9.59 Å². The van der Waals surface area contributed by atoms with Gasteiger partial charge in [-0.3, -0.25) is 9.59 Å². The van der Waals surface area contributed by atoms with Crippen LogP contribution in [0.15, 0.2) is 0 Å². The highest BCUT2D eigenvalue weighted by atomic mass is 16.4. The zero-order valence-corrected chi connectivity index (χ0v) is 6.69. The Balaban J connectivity index is 2.52. The lowest BCUT2D eigenvalue weighted by Crippen LogP contribution is -2.20. The van der Waals surface area contributed by atoms with E-state index < -0.39 is 17.9 Å². The van der Waals surface area contributed by atoms with Crippen molar-refractivity contribution < 1.29 is 19.8 Å². The van der Waals surface area contributed by atoms with Crippen LogP contribution >= 0.6 is 0 Å². The Bertz CT molecular complexity index is 199. The van der Waals surface area contributed by atoms with E-state index in [0.29, 0.717) is 6.42 Å². The Labute approximate surface area is 70.2 Å². The van der Waals surface area contributed by atoms with Gasteiger partial charge >= 0.3 is 11.9 Å². The Morgan fingerprint density at radius 3 is 2.42 bits per heavy atom. The lowest BCUT2D eigenvalue weighted by atomic mass is 9.93. The number of rotatable bonds is 3. The van der Waals surface area contributed by atoms with Gasteiger partial charge in [0.15, 0.2) is 0 Å². The summed E-state index contributed by atoms with van der Waals surface area (Å²) in [5.41, 5.74) is 0. The van der Waals surface area contributed by atoms with E-state index in [-0.39, 0.29) is 12.3 Å². The van der Waals surface area contributed by atoms with Crippen molar-refractivity contribution >= 4 is 11.9 Å². The second-order valence-corrected chi connectivity index (χ2v) is 3.23. The molecule has 0 aromatic carbocycles. The molecule has 0 amide bonds. The molecule has 0 aromatic rings. The number of hydrogen-bond acceptors (Lipinski definition) is 2. The predicted octanol–water partition coefficient (Wildman–Crippen LogP) is 0.962. The monoisotopic (exact) mass is 172 g/mol. The second-order valence-electron chi connectivity index (χ2n) is 3.23. The van der Waals surface area contributed by atoms with Crippen LogP contribution in [0.2, 0.25) is 0 Å². The summed E-state index contributed by atoms with van der Waals surface area (Å²) in [6.45, 7) is 0. The molecule has 0 aromatic heterocycles. The van der Waals surface area contributed by atoms with E-state index in [9.17, 15) is 9.59 Å². The first-order valence-corrected chi connectivity index (χ1v) is 4.06. The van der Waals surface area contributed by atoms with Gasteiger partial charge in [-0.25, -0.2) is 0 Å². The van der Waals surface area contributed by atoms with Crippen LogP contribution in [0.5, 0.6) is 0 Å². The summed E-state index contributed by atoms with van der Waals surface area (Å²) in [7, 11) is 0.